The van der Waals surface area contributed by atoms with Crippen LogP contribution in [0.15, 0.2) is 17.2 Å². The third kappa shape index (κ3) is 5.81. The molecule has 1 aromatic heterocycles. The van der Waals surface area contributed by atoms with Crippen LogP contribution in [0.5, 0.6) is 0 Å². The van der Waals surface area contributed by atoms with E-state index in [1.54, 1.807) is 6.20 Å². The van der Waals surface area contributed by atoms with Crippen molar-refractivity contribution >= 4 is 11.6 Å². The number of nitrogens with zero attached hydrogens (tertiary/aromatic N) is 3. The van der Waals surface area contributed by atoms with Gasteiger partial charge in [0.2, 0.25) is 0 Å². The Kier molecular flexibility index (Phi) is 6.18. The summed E-state index contributed by atoms with van der Waals surface area (Å²) in [6.07, 6.45) is 4.07. The largest absolute Gasteiger partial charge is 0.347 e. The van der Waals surface area contributed by atoms with Gasteiger partial charge in [-0.25, -0.2) is 9.78 Å². The van der Waals surface area contributed by atoms with E-state index in [1.807, 2.05) is 0 Å². The Bertz CT molecular complexity index is 391. The van der Waals surface area contributed by atoms with Gasteiger partial charge in [-0.1, -0.05) is 11.6 Å². The summed E-state index contributed by atoms with van der Waals surface area (Å²) in [5.74, 6) is 0. The predicted octanol–water partition coefficient (Wildman–Crippen LogP) is 0.438. The molecule has 0 aromatic carbocycles. The van der Waals surface area contributed by atoms with Gasteiger partial charge >= 0.3 is 5.69 Å². The van der Waals surface area contributed by atoms with Gasteiger partial charge in [0, 0.05) is 19.3 Å². The second kappa shape index (κ2) is 7.42. The molecule has 1 aromatic rings. The summed E-state index contributed by atoms with van der Waals surface area (Å²) in [5, 5.41) is 3.76. The molecule has 96 valence electrons. The van der Waals surface area contributed by atoms with Gasteiger partial charge in [-0.05, 0) is 33.6 Å². The molecule has 0 saturated heterocycles. The first-order chi connectivity index (χ1) is 8.09. The lowest BCUT2D eigenvalue weighted by Gasteiger charge is -2.10. The highest BCUT2D eigenvalue weighted by atomic mass is 35.5. The Morgan fingerprint density at radius 1 is 1.47 bits per heavy atom. The Balaban J connectivity index is 2.22. The van der Waals surface area contributed by atoms with Crippen LogP contribution in [0.3, 0.4) is 0 Å². The molecule has 1 N–H and O–H groups in total. The van der Waals surface area contributed by atoms with Gasteiger partial charge < -0.3 is 10.2 Å². The molecule has 5 nitrogen and oxygen atoms in total. The Morgan fingerprint density at radius 3 is 2.94 bits per heavy atom. The molecular formula is C11H19ClN4O. The lowest BCUT2D eigenvalue weighted by Crippen LogP contribution is -2.29. The molecule has 1 heterocycles. The number of hydrogen-bond acceptors (Lipinski definition) is 4. The third-order valence-corrected chi connectivity index (χ3v) is 2.51. The molecule has 6 heteroatoms. The first-order valence-corrected chi connectivity index (χ1v) is 6.05. The molecular weight excluding hydrogens is 240 g/mol. The van der Waals surface area contributed by atoms with Crippen molar-refractivity contribution in [3.05, 3.63) is 27.9 Å². The zero-order chi connectivity index (χ0) is 12.7. The van der Waals surface area contributed by atoms with Gasteiger partial charge in [0.1, 0.15) is 0 Å². The van der Waals surface area contributed by atoms with E-state index in [1.165, 1.54) is 10.8 Å². The lowest BCUT2D eigenvalue weighted by atomic mass is 10.4. The minimum absolute atomic E-state index is 0.260. The van der Waals surface area contributed by atoms with Crippen molar-refractivity contribution in [2.45, 2.75) is 13.0 Å². The monoisotopic (exact) mass is 258 g/mol. The molecule has 0 unspecified atom stereocenters. The highest BCUT2D eigenvalue weighted by molar-refractivity contribution is 6.30. The average Bonchev–Trinajstić information content (AvgIpc) is 2.27. The molecule has 0 aliphatic heterocycles. The van der Waals surface area contributed by atoms with Crippen molar-refractivity contribution in [3.8, 4) is 0 Å². The maximum atomic E-state index is 11.3. The van der Waals surface area contributed by atoms with Crippen LogP contribution in [0.4, 0.5) is 0 Å². The topological polar surface area (TPSA) is 50.2 Å². The molecule has 0 fully saturated rings. The quantitative estimate of drug-likeness (QED) is 0.721. The van der Waals surface area contributed by atoms with Crippen molar-refractivity contribution in [1.29, 1.82) is 0 Å². The minimum Gasteiger partial charge on any atom is -0.315 e. The maximum absolute atomic E-state index is 11.3. The van der Waals surface area contributed by atoms with Crippen LogP contribution >= 0.6 is 11.6 Å². The first-order valence-electron chi connectivity index (χ1n) is 5.67. The predicted molar refractivity (Wildman–Crippen MR) is 69.5 cm³/mol. The molecule has 0 radical (unpaired) electrons. The van der Waals surface area contributed by atoms with Gasteiger partial charge in [-0.2, -0.15) is 0 Å². The third-order valence-electron chi connectivity index (χ3n) is 2.31. The molecule has 1 rings (SSSR count). The number of nitrogens with one attached hydrogen (secondary N) is 1. The summed E-state index contributed by atoms with van der Waals surface area (Å²) in [6.45, 7) is 3.34. The normalized spacial score (nSPS) is 11.1. The Morgan fingerprint density at radius 2 is 2.24 bits per heavy atom. The van der Waals surface area contributed by atoms with Crippen molar-refractivity contribution < 1.29 is 0 Å². The highest BCUT2D eigenvalue weighted by Gasteiger charge is 1.98. The van der Waals surface area contributed by atoms with Crippen LogP contribution in [0, 0.1) is 0 Å². The molecule has 0 aliphatic rings. The standard InChI is InChI=1S/C11H19ClN4O/c1-15(2)6-3-4-13-5-7-16-9-10(12)8-14-11(16)17/h8-9,13H,3-7H2,1-2H3. The molecule has 0 amide bonds. The smallest absolute Gasteiger partial charge is 0.315 e. The Labute approximate surface area is 106 Å². The fraction of sp³-hybridized carbons (Fsp3) is 0.636. The molecule has 0 saturated carbocycles. The van der Waals surface area contributed by atoms with Crippen molar-refractivity contribution in [1.82, 2.24) is 19.8 Å². The summed E-state index contributed by atoms with van der Waals surface area (Å²) >= 11 is 5.77. The van der Waals surface area contributed by atoms with E-state index in [-0.39, 0.29) is 5.69 Å². The number of halogens is 1. The van der Waals surface area contributed by atoms with Gasteiger partial charge in [0.25, 0.3) is 0 Å². The van der Waals surface area contributed by atoms with Gasteiger partial charge in [-0.15, -0.1) is 0 Å². The maximum Gasteiger partial charge on any atom is 0.347 e. The fourth-order valence-electron chi connectivity index (χ4n) is 1.43. The molecule has 17 heavy (non-hydrogen) atoms. The summed E-state index contributed by atoms with van der Waals surface area (Å²) in [6, 6.07) is 0. The van der Waals surface area contributed by atoms with E-state index in [0.717, 1.165) is 26.1 Å². The average molecular weight is 259 g/mol. The van der Waals surface area contributed by atoms with E-state index in [0.29, 0.717) is 11.6 Å². The molecule has 0 bridgehead atoms. The Hall–Kier alpha value is -0.910. The summed E-state index contributed by atoms with van der Waals surface area (Å²) in [5.41, 5.74) is -0.260. The van der Waals surface area contributed by atoms with Crippen LogP contribution in [-0.2, 0) is 6.54 Å². The van der Waals surface area contributed by atoms with Gasteiger partial charge in [0.05, 0.1) is 11.2 Å². The fourth-order valence-corrected chi connectivity index (χ4v) is 1.60. The molecule has 0 spiro atoms. The number of aromatic nitrogens is 2. The van der Waals surface area contributed by atoms with E-state index in [9.17, 15) is 4.79 Å². The SMILES string of the molecule is CN(C)CCCNCCn1cc(Cl)cnc1=O. The van der Waals surface area contributed by atoms with Crippen LogP contribution in [0.1, 0.15) is 6.42 Å². The molecule has 0 aliphatic carbocycles. The van der Waals surface area contributed by atoms with E-state index in [4.69, 9.17) is 11.6 Å². The second-order valence-corrected chi connectivity index (χ2v) is 4.59. The van der Waals surface area contributed by atoms with Crippen LogP contribution in [0.2, 0.25) is 5.02 Å². The highest BCUT2D eigenvalue weighted by Crippen LogP contribution is 2.00. The lowest BCUT2D eigenvalue weighted by molar-refractivity contribution is 0.393. The van der Waals surface area contributed by atoms with E-state index < -0.39 is 0 Å². The van der Waals surface area contributed by atoms with Crippen molar-refractivity contribution in [2.24, 2.45) is 0 Å². The summed E-state index contributed by atoms with van der Waals surface area (Å²) in [4.78, 5) is 17.1. The van der Waals surface area contributed by atoms with Gasteiger partial charge in [-0.3, -0.25) is 4.57 Å². The van der Waals surface area contributed by atoms with Crippen molar-refractivity contribution in [2.75, 3.05) is 33.7 Å². The molecule has 0 atom stereocenters. The zero-order valence-electron chi connectivity index (χ0n) is 10.3. The van der Waals surface area contributed by atoms with E-state index >= 15 is 0 Å². The number of hydrogen-bond donors (Lipinski definition) is 1. The van der Waals surface area contributed by atoms with Crippen LogP contribution in [0.25, 0.3) is 0 Å². The summed E-state index contributed by atoms with van der Waals surface area (Å²) in [7, 11) is 4.11. The minimum atomic E-state index is -0.260. The summed E-state index contributed by atoms with van der Waals surface area (Å²) < 4.78 is 1.52. The van der Waals surface area contributed by atoms with Crippen LogP contribution in [-0.4, -0.2) is 48.2 Å². The second-order valence-electron chi connectivity index (χ2n) is 4.15. The van der Waals surface area contributed by atoms with Crippen molar-refractivity contribution in [3.63, 3.8) is 0 Å². The van der Waals surface area contributed by atoms with Gasteiger partial charge in [0.15, 0.2) is 0 Å². The van der Waals surface area contributed by atoms with Crippen LogP contribution < -0.4 is 11.0 Å². The first kappa shape index (κ1) is 14.2. The number of rotatable bonds is 7. The zero-order valence-corrected chi connectivity index (χ0v) is 11.1. The van der Waals surface area contributed by atoms with E-state index in [2.05, 4.69) is 29.3 Å².